The molecule has 0 aromatic rings. The van der Waals surface area contributed by atoms with Crippen molar-refractivity contribution < 1.29 is 25.2 Å². The maximum Gasteiger partial charge on any atom is 0.267 e. The predicted molar refractivity (Wildman–Crippen MR) is 60.0 cm³/mol. The first-order valence-electron chi connectivity index (χ1n) is 4.72. The molecule has 0 radical (unpaired) electrons. The van der Waals surface area contributed by atoms with Gasteiger partial charge in [-0.15, -0.1) is 0 Å². The molecule has 96 valence electrons. The SMILES string of the molecule is CCS(=O)(=O)OC/C=C/COS(=O)(=O)CC. The van der Waals surface area contributed by atoms with Gasteiger partial charge in [0.15, 0.2) is 0 Å². The van der Waals surface area contributed by atoms with Crippen molar-refractivity contribution in [2.24, 2.45) is 0 Å². The Bertz CT molecular complexity index is 366. The van der Waals surface area contributed by atoms with Gasteiger partial charge in [-0.2, -0.15) is 16.8 Å². The minimum atomic E-state index is -3.45. The van der Waals surface area contributed by atoms with Gasteiger partial charge in [-0.25, -0.2) is 0 Å². The van der Waals surface area contributed by atoms with Crippen LogP contribution in [0.3, 0.4) is 0 Å². The second kappa shape index (κ2) is 7.00. The molecule has 0 heterocycles. The second-order valence-corrected chi connectivity index (χ2v) is 6.59. The fourth-order valence-corrected chi connectivity index (χ4v) is 1.49. The molecule has 16 heavy (non-hydrogen) atoms. The average Bonchev–Trinajstić information content (AvgIpc) is 2.23. The Hall–Kier alpha value is -0.440. The summed E-state index contributed by atoms with van der Waals surface area (Å²) in [6.07, 6.45) is 2.77. The molecular weight excluding hydrogens is 256 g/mol. The maximum absolute atomic E-state index is 10.9. The zero-order chi connectivity index (χ0) is 12.7. The van der Waals surface area contributed by atoms with Crippen molar-refractivity contribution in [3.8, 4) is 0 Å². The molecule has 0 unspecified atom stereocenters. The minimum absolute atomic E-state index is 0.0957. The third-order valence-corrected chi connectivity index (χ3v) is 3.97. The van der Waals surface area contributed by atoms with Crippen molar-refractivity contribution in [3.63, 3.8) is 0 Å². The van der Waals surface area contributed by atoms with Crippen LogP contribution in [-0.2, 0) is 28.6 Å². The van der Waals surface area contributed by atoms with E-state index in [1.54, 1.807) is 0 Å². The fourth-order valence-electron chi connectivity index (χ4n) is 0.589. The van der Waals surface area contributed by atoms with E-state index in [2.05, 4.69) is 8.37 Å². The van der Waals surface area contributed by atoms with Crippen molar-refractivity contribution >= 4 is 20.2 Å². The first-order valence-corrected chi connectivity index (χ1v) is 7.87. The van der Waals surface area contributed by atoms with E-state index in [-0.39, 0.29) is 24.7 Å². The highest BCUT2D eigenvalue weighted by molar-refractivity contribution is 7.86. The molecule has 0 saturated carbocycles. The van der Waals surface area contributed by atoms with Gasteiger partial charge in [-0.3, -0.25) is 8.37 Å². The molecule has 0 aliphatic carbocycles. The Morgan fingerprint density at radius 3 is 1.38 bits per heavy atom. The summed E-state index contributed by atoms with van der Waals surface area (Å²) in [7, 11) is -6.90. The van der Waals surface area contributed by atoms with Gasteiger partial charge in [-0.1, -0.05) is 12.2 Å². The smallest absolute Gasteiger partial charge is 0.266 e. The van der Waals surface area contributed by atoms with Crippen molar-refractivity contribution in [2.75, 3.05) is 24.7 Å². The Kier molecular flexibility index (Phi) is 6.81. The van der Waals surface area contributed by atoms with E-state index in [1.807, 2.05) is 0 Å². The van der Waals surface area contributed by atoms with Crippen molar-refractivity contribution in [1.29, 1.82) is 0 Å². The monoisotopic (exact) mass is 272 g/mol. The van der Waals surface area contributed by atoms with E-state index in [0.717, 1.165) is 0 Å². The van der Waals surface area contributed by atoms with Crippen LogP contribution in [0.25, 0.3) is 0 Å². The molecule has 6 nitrogen and oxygen atoms in total. The lowest BCUT2D eigenvalue weighted by Gasteiger charge is -1.99. The van der Waals surface area contributed by atoms with E-state index < -0.39 is 20.2 Å². The van der Waals surface area contributed by atoms with E-state index in [9.17, 15) is 16.8 Å². The van der Waals surface area contributed by atoms with Crippen LogP contribution < -0.4 is 0 Å². The molecule has 0 amide bonds. The molecule has 0 aromatic carbocycles. The first-order chi connectivity index (χ1) is 7.33. The standard InChI is InChI=1S/C8H16O6S2/c1-3-15(9,10)13-7-5-6-8-14-16(11,12)4-2/h5-6H,3-4,7-8H2,1-2H3/b6-5+. The summed E-state index contributed by atoms with van der Waals surface area (Å²) in [4.78, 5) is 0. The van der Waals surface area contributed by atoms with E-state index in [1.165, 1.54) is 26.0 Å². The predicted octanol–water partition coefficient (Wildman–Crippen LogP) is 0.275. The molecule has 0 rings (SSSR count). The molecule has 0 fully saturated rings. The van der Waals surface area contributed by atoms with Crippen LogP contribution in [0.15, 0.2) is 12.2 Å². The van der Waals surface area contributed by atoms with Crippen LogP contribution >= 0.6 is 0 Å². The van der Waals surface area contributed by atoms with E-state index in [4.69, 9.17) is 0 Å². The van der Waals surface area contributed by atoms with Crippen LogP contribution in [0, 0.1) is 0 Å². The van der Waals surface area contributed by atoms with Crippen LogP contribution in [0.1, 0.15) is 13.8 Å². The number of hydrogen-bond acceptors (Lipinski definition) is 6. The van der Waals surface area contributed by atoms with Gasteiger partial charge in [0.1, 0.15) is 0 Å². The lowest BCUT2D eigenvalue weighted by molar-refractivity contribution is 0.346. The van der Waals surface area contributed by atoms with Gasteiger partial charge in [0, 0.05) is 0 Å². The molecule has 0 N–H and O–H groups in total. The summed E-state index contributed by atoms with van der Waals surface area (Å²) in [6, 6.07) is 0. The summed E-state index contributed by atoms with van der Waals surface area (Å²) in [5.74, 6) is -0.191. The lowest BCUT2D eigenvalue weighted by Crippen LogP contribution is -2.09. The highest BCUT2D eigenvalue weighted by Crippen LogP contribution is 1.94. The van der Waals surface area contributed by atoms with Gasteiger partial charge < -0.3 is 0 Å². The molecular formula is C8H16O6S2. The summed E-state index contributed by atoms with van der Waals surface area (Å²) in [5, 5.41) is 0. The summed E-state index contributed by atoms with van der Waals surface area (Å²) in [6.45, 7) is 2.70. The molecule has 0 aromatic heterocycles. The minimum Gasteiger partial charge on any atom is -0.266 e. The summed E-state index contributed by atoms with van der Waals surface area (Å²) < 4.78 is 52.5. The number of rotatable bonds is 8. The summed E-state index contributed by atoms with van der Waals surface area (Å²) >= 11 is 0. The quantitative estimate of drug-likeness (QED) is 0.466. The van der Waals surface area contributed by atoms with Crippen LogP contribution in [0.4, 0.5) is 0 Å². The van der Waals surface area contributed by atoms with Crippen molar-refractivity contribution in [1.82, 2.24) is 0 Å². The average molecular weight is 272 g/mol. The maximum atomic E-state index is 10.9. The molecule has 0 atom stereocenters. The molecule has 0 spiro atoms. The highest BCUT2D eigenvalue weighted by atomic mass is 32.2. The Labute approximate surface area is 96.5 Å². The van der Waals surface area contributed by atoms with Crippen molar-refractivity contribution in [3.05, 3.63) is 12.2 Å². The van der Waals surface area contributed by atoms with Gasteiger partial charge in [0.25, 0.3) is 20.2 Å². The van der Waals surface area contributed by atoms with Crippen LogP contribution in [-0.4, -0.2) is 41.6 Å². The van der Waals surface area contributed by atoms with Crippen LogP contribution in [0.2, 0.25) is 0 Å². The molecule has 8 heteroatoms. The molecule has 0 aliphatic rings. The number of hydrogen-bond donors (Lipinski definition) is 0. The third-order valence-electron chi connectivity index (χ3n) is 1.56. The Balaban J connectivity index is 3.81. The first kappa shape index (κ1) is 15.6. The second-order valence-electron chi connectivity index (χ2n) is 2.73. The fraction of sp³-hybridized carbons (Fsp3) is 0.750. The topological polar surface area (TPSA) is 86.7 Å². The Morgan fingerprint density at radius 1 is 0.812 bits per heavy atom. The Morgan fingerprint density at radius 2 is 1.12 bits per heavy atom. The molecule has 0 saturated heterocycles. The lowest BCUT2D eigenvalue weighted by atomic mass is 10.5. The zero-order valence-corrected chi connectivity index (χ0v) is 10.9. The van der Waals surface area contributed by atoms with E-state index in [0.29, 0.717) is 0 Å². The van der Waals surface area contributed by atoms with Gasteiger partial charge in [0.2, 0.25) is 0 Å². The van der Waals surface area contributed by atoms with Gasteiger partial charge >= 0.3 is 0 Å². The largest absolute Gasteiger partial charge is 0.267 e. The third kappa shape index (κ3) is 7.80. The highest BCUT2D eigenvalue weighted by Gasteiger charge is 2.06. The summed E-state index contributed by atoms with van der Waals surface area (Å²) in [5.41, 5.74) is 0. The van der Waals surface area contributed by atoms with E-state index >= 15 is 0 Å². The molecule has 0 aliphatic heterocycles. The van der Waals surface area contributed by atoms with Crippen LogP contribution in [0.5, 0.6) is 0 Å². The molecule has 0 bridgehead atoms. The van der Waals surface area contributed by atoms with Gasteiger partial charge in [0.05, 0.1) is 24.7 Å². The zero-order valence-electron chi connectivity index (χ0n) is 9.25. The normalized spacial score (nSPS) is 13.4. The van der Waals surface area contributed by atoms with Crippen molar-refractivity contribution in [2.45, 2.75) is 13.8 Å². The van der Waals surface area contributed by atoms with Gasteiger partial charge in [-0.05, 0) is 13.8 Å².